The van der Waals surface area contributed by atoms with Crippen LogP contribution in [-0.4, -0.2) is 23.3 Å². The zero-order chi connectivity index (χ0) is 14.0. The molecule has 3 rings (SSSR count). The summed E-state index contributed by atoms with van der Waals surface area (Å²) in [7, 11) is 0. The molecule has 0 amide bonds. The number of hydrogen-bond acceptors (Lipinski definition) is 2. The molecule has 1 heterocycles. The molecule has 3 aliphatic rings. The molecule has 0 aromatic heterocycles. The van der Waals surface area contributed by atoms with Crippen LogP contribution in [0.15, 0.2) is 0 Å². The second kappa shape index (κ2) is 6.05. The van der Waals surface area contributed by atoms with Crippen LogP contribution < -0.4 is 0 Å². The Morgan fingerprint density at radius 1 is 1.00 bits per heavy atom. The van der Waals surface area contributed by atoms with Crippen LogP contribution in [0, 0.1) is 17.8 Å². The first-order valence-corrected chi connectivity index (χ1v) is 8.57. The number of ether oxygens (including phenoxy) is 1. The number of hydrogen-bond donors (Lipinski definition) is 1. The molecule has 2 aliphatic carbocycles. The SMILES string of the molecule is O=C(O)C1CCCCC1C1CCOC2(CCCCC2)C1. The maximum absolute atomic E-state index is 11.5. The van der Waals surface area contributed by atoms with Crippen molar-refractivity contribution in [2.24, 2.45) is 17.8 Å². The van der Waals surface area contributed by atoms with Crippen molar-refractivity contribution in [3.63, 3.8) is 0 Å². The van der Waals surface area contributed by atoms with Crippen LogP contribution in [0.2, 0.25) is 0 Å². The Balaban J connectivity index is 1.70. The zero-order valence-corrected chi connectivity index (χ0v) is 12.5. The van der Waals surface area contributed by atoms with Gasteiger partial charge in [-0.05, 0) is 50.4 Å². The third-order valence-electron chi connectivity index (χ3n) is 6.04. The standard InChI is InChI=1S/C17H28O3/c18-16(19)15-7-3-2-6-14(15)13-8-11-20-17(12-13)9-4-1-5-10-17/h13-15H,1-12H2,(H,18,19). The van der Waals surface area contributed by atoms with E-state index >= 15 is 0 Å². The number of carboxylic acids is 1. The summed E-state index contributed by atoms with van der Waals surface area (Å²) in [5.74, 6) is 0.346. The van der Waals surface area contributed by atoms with E-state index in [4.69, 9.17) is 4.74 Å². The molecule has 0 aromatic rings. The molecule has 0 aromatic carbocycles. The zero-order valence-electron chi connectivity index (χ0n) is 12.5. The topological polar surface area (TPSA) is 46.5 Å². The van der Waals surface area contributed by atoms with Gasteiger partial charge in [0.05, 0.1) is 11.5 Å². The lowest BCUT2D eigenvalue weighted by molar-refractivity contribution is -0.153. The molecule has 0 radical (unpaired) electrons. The van der Waals surface area contributed by atoms with Gasteiger partial charge in [-0.15, -0.1) is 0 Å². The maximum Gasteiger partial charge on any atom is 0.306 e. The first kappa shape index (κ1) is 14.4. The highest BCUT2D eigenvalue weighted by atomic mass is 16.5. The van der Waals surface area contributed by atoms with Gasteiger partial charge in [-0.2, -0.15) is 0 Å². The van der Waals surface area contributed by atoms with Crippen LogP contribution in [0.25, 0.3) is 0 Å². The van der Waals surface area contributed by atoms with Crippen molar-refractivity contribution < 1.29 is 14.6 Å². The number of rotatable bonds is 2. The number of carbonyl (C=O) groups is 1. The van der Waals surface area contributed by atoms with Crippen molar-refractivity contribution in [2.75, 3.05) is 6.61 Å². The summed E-state index contributed by atoms with van der Waals surface area (Å²) in [6.45, 7) is 0.855. The van der Waals surface area contributed by atoms with Gasteiger partial charge in [0, 0.05) is 6.61 Å². The lowest BCUT2D eigenvalue weighted by atomic mass is 9.65. The molecule has 1 saturated heterocycles. The lowest BCUT2D eigenvalue weighted by Gasteiger charge is -2.47. The van der Waals surface area contributed by atoms with E-state index in [-0.39, 0.29) is 11.5 Å². The molecule has 1 N–H and O–H groups in total. The van der Waals surface area contributed by atoms with Gasteiger partial charge in [-0.1, -0.05) is 32.1 Å². The Labute approximate surface area is 122 Å². The summed E-state index contributed by atoms with van der Waals surface area (Å²) in [5, 5.41) is 9.51. The Kier molecular flexibility index (Phi) is 4.34. The molecule has 3 fully saturated rings. The van der Waals surface area contributed by atoms with E-state index in [0.717, 1.165) is 38.7 Å². The smallest absolute Gasteiger partial charge is 0.306 e. The van der Waals surface area contributed by atoms with Gasteiger partial charge in [-0.3, -0.25) is 4.79 Å². The molecule has 3 heteroatoms. The molecule has 3 nitrogen and oxygen atoms in total. The molecule has 3 unspecified atom stereocenters. The van der Waals surface area contributed by atoms with Gasteiger partial charge in [0.25, 0.3) is 0 Å². The summed E-state index contributed by atoms with van der Waals surface area (Å²) in [6, 6.07) is 0. The fraction of sp³-hybridized carbons (Fsp3) is 0.941. The highest BCUT2D eigenvalue weighted by molar-refractivity contribution is 5.70. The molecule has 3 atom stereocenters. The molecule has 1 aliphatic heterocycles. The van der Waals surface area contributed by atoms with E-state index < -0.39 is 5.97 Å². The van der Waals surface area contributed by atoms with Crippen molar-refractivity contribution in [1.29, 1.82) is 0 Å². The second-order valence-electron chi connectivity index (χ2n) is 7.24. The van der Waals surface area contributed by atoms with Gasteiger partial charge in [0.15, 0.2) is 0 Å². The molecule has 1 spiro atoms. The fourth-order valence-corrected chi connectivity index (χ4v) is 5.01. The van der Waals surface area contributed by atoms with Crippen LogP contribution in [0.1, 0.15) is 70.6 Å². The summed E-state index contributed by atoms with van der Waals surface area (Å²) < 4.78 is 6.18. The van der Waals surface area contributed by atoms with E-state index in [1.54, 1.807) is 0 Å². The monoisotopic (exact) mass is 280 g/mol. The largest absolute Gasteiger partial charge is 0.481 e. The van der Waals surface area contributed by atoms with Crippen molar-refractivity contribution >= 4 is 5.97 Å². The molecule has 2 saturated carbocycles. The first-order valence-electron chi connectivity index (χ1n) is 8.57. The molecule has 114 valence electrons. The van der Waals surface area contributed by atoms with Gasteiger partial charge in [-0.25, -0.2) is 0 Å². The van der Waals surface area contributed by atoms with Gasteiger partial charge < -0.3 is 9.84 Å². The van der Waals surface area contributed by atoms with E-state index in [1.807, 2.05) is 0 Å². The van der Waals surface area contributed by atoms with Gasteiger partial charge >= 0.3 is 5.97 Å². The van der Waals surface area contributed by atoms with E-state index in [2.05, 4.69) is 0 Å². The van der Waals surface area contributed by atoms with E-state index in [0.29, 0.717) is 11.8 Å². The van der Waals surface area contributed by atoms with Crippen molar-refractivity contribution in [2.45, 2.75) is 76.2 Å². The predicted molar refractivity (Wildman–Crippen MR) is 77.6 cm³/mol. The van der Waals surface area contributed by atoms with Gasteiger partial charge in [0.1, 0.15) is 0 Å². The third kappa shape index (κ3) is 2.88. The summed E-state index contributed by atoms with van der Waals surface area (Å²) >= 11 is 0. The minimum Gasteiger partial charge on any atom is -0.481 e. The average molecular weight is 280 g/mol. The third-order valence-corrected chi connectivity index (χ3v) is 6.04. The van der Waals surface area contributed by atoms with Crippen LogP contribution in [0.3, 0.4) is 0 Å². The highest BCUT2D eigenvalue weighted by Gasteiger charge is 2.44. The Bertz CT molecular complexity index is 341. The summed E-state index contributed by atoms with van der Waals surface area (Å²) in [6.07, 6.45) is 12.9. The van der Waals surface area contributed by atoms with Crippen LogP contribution in [-0.2, 0) is 9.53 Å². The van der Waals surface area contributed by atoms with Crippen molar-refractivity contribution in [3.8, 4) is 0 Å². The quantitative estimate of drug-likeness (QED) is 0.831. The highest BCUT2D eigenvalue weighted by Crippen LogP contribution is 2.47. The number of aliphatic carboxylic acids is 1. The molecule has 0 bridgehead atoms. The normalized spacial score (nSPS) is 37.7. The predicted octanol–water partition coefficient (Wildman–Crippen LogP) is 4.01. The molecular formula is C17H28O3. The Morgan fingerprint density at radius 2 is 1.75 bits per heavy atom. The summed E-state index contributed by atoms with van der Waals surface area (Å²) in [4.78, 5) is 11.5. The first-order chi connectivity index (χ1) is 9.70. The number of carboxylic acid groups (broad SMARTS) is 1. The Hall–Kier alpha value is -0.570. The van der Waals surface area contributed by atoms with Gasteiger partial charge in [0.2, 0.25) is 0 Å². The van der Waals surface area contributed by atoms with Crippen molar-refractivity contribution in [1.82, 2.24) is 0 Å². The Morgan fingerprint density at radius 3 is 2.50 bits per heavy atom. The lowest BCUT2D eigenvalue weighted by Crippen LogP contribution is -2.45. The van der Waals surface area contributed by atoms with Crippen LogP contribution in [0.5, 0.6) is 0 Å². The minimum atomic E-state index is -0.557. The van der Waals surface area contributed by atoms with Crippen LogP contribution in [0.4, 0.5) is 0 Å². The van der Waals surface area contributed by atoms with Crippen molar-refractivity contribution in [3.05, 3.63) is 0 Å². The molecular weight excluding hydrogens is 252 g/mol. The summed E-state index contributed by atoms with van der Waals surface area (Å²) in [5.41, 5.74) is 0.113. The van der Waals surface area contributed by atoms with E-state index in [1.165, 1.54) is 38.5 Å². The fourth-order valence-electron chi connectivity index (χ4n) is 5.01. The minimum absolute atomic E-state index is 0.0903. The van der Waals surface area contributed by atoms with Crippen LogP contribution >= 0.6 is 0 Å². The average Bonchev–Trinajstić information content (AvgIpc) is 2.48. The van der Waals surface area contributed by atoms with E-state index in [9.17, 15) is 9.90 Å². The maximum atomic E-state index is 11.5. The second-order valence-corrected chi connectivity index (χ2v) is 7.24. The molecule has 20 heavy (non-hydrogen) atoms.